The second kappa shape index (κ2) is 6.38. The molecular formula is C16H34N2. The van der Waals surface area contributed by atoms with Crippen LogP contribution in [0.15, 0.2) is 0 Å². The summed E-state index contributed by atoms with van der Waals surface area (Å²) in [5.41, 5.74) is 0.413. The van der Waals surface area contributed by atoms with Crippen LogP contribution < -0.4 is 5.32 Å². The van der Waals surface area contributed by atoms with Crippen molar-refractivity contribution in [2.24, 2.45) is 17.3 Å². The van der Waals surface area contributed by atoms with Gasteiger partial charge in [-0.05, 0) is 23.7 Å². The van der Waals surface area contributed by atoms with Gasteiger partial charge in [0.05, 0.1) is 0 Å². The van der Waals surface area contributed by atoms with E-state index in [1.165, 1.54) is 19.5 Å². The molecule has 2 heteroatoms. The molecule has 18 heavy (non-hydrogen) atoms. The number of nitrogens with one attached hydrogen (secondary N) is 1. The Morgan fingerprint density at radius 1 is 1.22 bits per heavy atom. The Bertz CT molecular complexity index is 242. The Morgan fingerprint density at radius 2 is 1.83 bits per heavy atom. The van der Waals surface area contributed by atoms with Crippen LogP contribution in [0, 0.1) is 17.3 Å². The van der Waals surface area contributed by atoms with E-state index in [0.29, 0.717) is 11.5 Å². The third kappa shape index (κ3) is 4.24. The molecule has 1 rings (SSSR count). The molecule has 1 N–H and O–H groups in total. The second-order valence-corrected chi connectivity index (χ2v) is 7.54. The van der Waals surface area contributed by atoms with Crippen molar-refractivity contribution in [2.45, 2.75) is 67.0 Å². The minimum Gasteiger partial charge on any atom is -0.311 e. The van der Waals surface area contributed by atoms with Crippen molar-refractivity contribution in [2.75, 3.05) is 19.6 Å². The summed E-state index contributed by atoms with van der Waals surface area (Å²) in [5, 5.41) is 3.72. The van der Waals surface area contributed by atoms with Crippen LogP contribution >= 0.6 is 0 Å². The van der Waals surface area contributed by atoms with Crippen LogP contribution in [0.25, 0.3) is 0 Å². The Hall–Kier alpha value is -0.0800. The van der Waals surface area contributed by atoms with Crippen LogP contribution in [0.1, 0.15) is 54.9 Å². The Balaban J connectivity index is 2.63. The third-order valence-corrected chi connectivity index (χ3v) is 4.83. The average molecular weight is 254 g/mol. The fourth-order valence-corrected chi connectivity index (χ4v) is 2.58. The summed E-state index contributed by atoms with van der Waals surface area (Å²) in [5.74, 6) is 1.48. The lowest BCUT2D eigenvalue weighted by atomic mass is 9.81. The van der Waals surface area contributed by atoms with Gasteiger partial charge in [-0.15, -0.1) is 0 Å². The van der Waals surface area contributed by atoms with Gasteiger partial charge in [-0.1, -0.05) is 48.5 Å². The third-order valence-electron chi connectivity index (χ3n) is 4.83. The van der Waals surface area contributed by atoms with Gasteiger partial charge in [0.1, 0.15) is 0 Å². The van der Waals surface area contributed by atoms with Gasteiger partial charge in [-0.3, -0.25) is 4.90 Å². The van der Waals surface area contributed by atoms with E-state index in [9.17, 15) is 0 Å². The molecule has 108 valence electrons. The summed E-state index contributed by atoms with van der Waals surface area (Å²) in [4.78, 5) is 2.73. The van der Waals surface area contributed by atoms with E-state index in [2.05, 4.69) is 58.7 Å². The lowest BCUT2D eigenvalue weighted by molar-refractivity contribution is 0.0712. The standard InChI is InChI=1S/C16H34N2/c1-8-14-9-17-15(12(2)3)11-18(14)10-13(4)16(5,6)7/h12-15,17H,8-11H2,1-7H3. The van der Waals surface area contributed by atoms with Gasteiger partial charge in [-0.25, -0.2) is 0 Å². The highest BCUT2D eigenvalue weighted by Gasteiger charge is 2.31. The van der Waals surface area contributed by atoms with E-state index in [4.69, 9.17) is 0 Å². The first-order valence-corrected chi connectivity index (χ1v) is 7.73. The minimum atomic E-state index is 0.413. The lowest BCUT2D eigenvalue weighted by Gasteiger charge is -2.44. The number of nitrogens with zero attached hydrogens (tertiary/aromatic N) is 1. The molecule has 0 amide bonds. The first-order valence-electron chi connectivity index (χ1n) is 7.73. The van der Waals surface area contributed by atoms with Gasteiger partial charge in [0.2, 0.25) is 0 Å². The summed E-state index contributed by atoms with van der Waals surface area (Å²) in [6.45, 7) is 20.1. The molecular weight excluding hydrogens is 220 g/mol. The van der Waals surface area contributed by atoms with E-state index >= 15 is 0 Å². The maximum absolute atomic E-state index is 3.72. The predicted molar refractivity (Wildman–Crippen MR) is 80.9 cm³/mol. The molecule has 1 heterocycles. The van der Waals surface area contributed by atoms with E-state index in [0.717, 1.165) is 24.4 Å². The van der Waals surface area contributed by atoms with Gasteiger partial charge < -0.3 is 5.32 Å². The zero-order valence-corrected chi connectivity index (χ0v) is 13.6. The zero-order valence-electron chi connectivity index (χ0n) is 13.6. The molecule has 0 spiro atoms. The molecule has 0 aromatic heterocycles. The molecule has 2 nitrogen and oxygen atoms in total. The normalized spacial score (nSPS) is 28.7. The van der Waals surface area contributed by atoms with Crippen LogP contribution in [-0.4, -0.2) is 36.6 Å². The molecule has 0 bridgehead atoms. The number of hydrogen-bond donors (Lipinski definition) is 1. The van der Waals surface area contributed by atoms with Gasteiger partial charge in [0.15, 0.2) is 0 Å². The maximum atomic E-state index is 3.72. The summed E-state index contributed by atoms with van der Waals surface area (Å²) >= 11 is 0. The topological polar surface area (TPSA) is 15.3 Å². The molecule has 3 atom stereocenters. The Labute approximate surface area is 115 Å². The average Bonchev–Trinajstić information content (AvgIpc) is 2.27. The number of hydrogen-bond acceptors (Lipinski definition) is 2. The van der Waals surface area contributed by atoms with E-state index < -0.39 is 0 Å². The van der Waals surface area contributed by atoms with E-state index in [-0.39, 0.29) is 0 Å². The van der Waals surface area contributed by atoms with Crippen molar-refractivity contribution >= 4 is 0 Å². The van der Waals surface area contributed by atoms with Crippen LogP contribution in [0.5, 0.6) is 0 Å². The molecule has 0 saturated carbocycles. The molecule has 0 aromatic carbocycles. The summed E-state index contributed by atoms with van der Waals surface area (Å²) in [6.07, 6.45) is 1.26. The van der Waals surface area contributed by atoms with Crippen LogP contribution in [0.3, 0.4) is 0 Å². The second-order valence-electron chi connectivity index (χ2n) is 7.54. The van der Waals surface area contributed by atoms with Crippen molar-refractivity contribution < 1.29 is 0 Å². The molecule has 0 aliphatic carbocycles. The molecule has 0 aromatic rings. The van der Waals surface area contributed by atoms with Crippen LogP contribution in [0.4, 0.5) is 0 Å². The quantitative estimate of drug-likeness (QED) is 0.827. The molecule has 1 saturated heterocycles. The number of rotatable bonds is 4. The van der Waals surface area contributed by atoms with Gasteiger partial charge in [0, 0.05) is 31.7 Å². The Kier molecular flexibility index (Phi) is 5.67. The lowest BCUT2D eigenvalue weighted by Crippen LogP contribution is -2.59. The first-order chi connectivity index (χ1) is 8.25. The predicted octanol–water partition coefficient (Wildman–Crippen LogP) is 3.38. The highest BCUT2D eigenvalue weighted by molar-refractivity contribution is 4.88. The minimum absolute atomic E-state index is 0.413. The van der Waals surface area contributed by atoms with E-state index in [1.807, 2.05) is 0 Å². The molecule has 1 aliphatic rings. The zero-order chi connectivity index (χ0) is 13.9. The highest BCUT2D eigenvalue weighted by Crippen LogP contribution is 2.28. The monoisotopic (exact) mass is 254 g/mol. The SMILES string of the molecule is CCC1CNC(C(C)C)CN1CC(C)C(C)(C)C. The smallest absolute Gasteiger partial charge is 0.0218 e. The van der Waals surface area contributed by atoms with Crippen molar-refractivity contribution in [3.63, 3.8) is 0 Å². The first kappa shape index (κ1) is 16.0. The molecule has 3 unspecified atom stereocenters. The summed E-state index contributed by atoms with van der Waals surface area (Å²) < 4.78 is 0. The fourth-order valence-electron chi connectivity index (χ4n) is 2.58. The van der Waals surface area contributed by atoms with Gasteiger partial charge in [-0.2, -0.15) is 0 Å². The number of piperazine rings is 1. The largest absolute Gasteiger partial charge is 0.311 e. The van der Waals surface area contributed by atoms with Crippen LogP contribution in [-0.2, 0) is 0 Å². The maximum Gasteiger partial charge on any atom is 0.0218 e. The van der Waals surface area contributed by atoms with Crippen LogP contribution in [0.2, 0.25) is 0 Å². The molecule has 0 radical (unpaired) electrons. The molecule has 1 aliphatic heterocycles. The Morgan fingerprint density at radius 3 is 2.28 bits per heavy atom. The summed E-state index contributed by atoms with van der Waals surface area (Å²) in [6, 6.07) is 1.39. The van der Waals surface area contributed by atoms with E-state index in [1.54, 1.807) is 0 Å². The molecule has 1 fully saturated rings. The van der Waals surface area contributed by atoms with Crippen molar-refractivity contribution in [3.8, 4) is 0 Å². The van der Waals surface area contributed by atoms with Crippen molar-refractivity contribution in [1.82, 2.24) is 10.2 Å². The van der Waals surface area contributed by atoms with Gasteiger partial charge in [0.25, 0.3) is 0 Å². The fraction of sp³-hybridized carbons (Fsp3) is 1.00. The summed E-state index contributed by atoms with van der Waals surface area (Å²) in [7, 11) is 0. The van der Waals surface area contributed by atoms with Crippen molar-refractivity contribution in [1.29, 1.82) is 0 Å². The van der Waals surface area contributed by atoms with Crippen molar-refractivity contribution in [3.05, 3.63) is 0 Å². The highest BCUT2D eigenvalue weighted by atomic mass is 15.2. The van der Waals surface area contributed by atoms with Gasteiger partial charge >= 0.3 is 0 Å².